The van der Waals surface area contributed by atoms with E-state index in [2.05, 4.69) is 58.9 Å². The number of hydrogen-bond donors (Lipinski definition) is 1. The number of nitrogens with two attached hydrogens (primary N) is 1. The normalized spacial score (nSPS) is 21.4. The first kappa shape index (κ1) is 16.0. The topological polar surface area (TPSA) is 29.3 Å². The van der Waals surface area contributed by atoms with Crippen molar-refractivity contribution in [3.05, 3.63) is 34.3 Å². The summed E-state index contributed by atoms with van der Waals surface area (Å²) in [5, 5.41) is 0. The Labute approximate surface area is 131 Å². The molecular weight excluding hydrogens is 312 g/mol. The smallest absolute Gasteiger partial charge is 0.0332 e. The van der Waals surface area contributed by atoms with E-state index in [0.29, 0.717) is 0 Å². The Kier molecular flexibility index (Phi) is 5.65. The van der Waals surface area contributed by atoms with Crippen molar-refractivity contribution >= 4 is 15.9 Å². The molecule has 0 bridgehead atoms. The lowest BCUT2D eigenvalue weighted by Gasteiger charge is -2.47. The Morgan fingerprint density at radius 3 is 2.35 bits per heavy atom. The van der Waals surface area contributed by atoms with Crippen LogP contribution in [0.15, 0.2) is 28.7 Å². The molecule has 1 aromatic rings. The number of halogens is 1. The number of hydrogen-bond acceptors (Lipinski definition) is 2. The van der Waals surface area contributed by atoms with Gasteiger partial charge in [0.2, 0.25) is 0 Å². The summed E-state index contributed by atoms with van der Waals surface area (Å²) in [6.07, 6.45) is 6.08. The molecule has 0 aromatic heterocycles. The third kappa shape index (κ3) is 3.63. The lowest BCUT2D eigenvalue weighted by atomic mass is 9.83. The summed E-state index contributed by atoms with van der Waals surface area (Å²) in [5.74, 6) is 0. The molecule has 1 fully saturated rings. The minimum absolute atomic E-state index is 0.119. The van der Waals surface area contributed by atoms with E-state index < -0.39 is 0 Å². The number of piperidine rings is 1. The number of benzene rings is 1. The predicted octanol–water partition coefficient (Wildman–Crippen LogP) is 3.97. The van der Waals surface area contributed by atoms with Gasteiger partial charge in [-0.05, 0) is 63.4 Å². The number of likely N-dealkylation sites (tertiary alicyclic amines) is 1. The van der Waals surface area contributed by atoms with Crippen LogP contribution in [0.2, 0.25) is 0 Å². The van der Waals surface area contributed by atoms with Gasteiger partial charge in [-0.2, -0.15) is 0 Å². The van der Waals surface area contributed by atoms with Gasteiger partial charge in [-0.25, -0.2) is 0 Å². The molecule has 20 heavy (non-hydrogen) atoms. The van der Waals surface area contributed by atoms with E-state index >= 15 is 0 Å². The summed E-state index contributed by atoms with van der Waals surface area (Å²) in [6.45, 7) is 7.04. The van der Waals surface area contributed by atoms with Gasteiger partial charge in [-0.15, -0.1) is 0 Å². The molecule has 1 aliphatic heterocycles. The highest BCUT2D eigenvalue weighted by Gasteiger charge is 2.36. The van der Waals surface area contributed by atoms with E-state index in [-0.39, 0.29) is 11.6 Å². The molecule has 0 amide bonds. The molecule has 2 nitrogen and oxygen atoms in total. The fraction of sp³-hybridized carbons (Fsp3) is 0.647. The van der Waals surface area contributed by atoms with Crippen LogP contribution < -0.4 is 5.73 Å². The molecule has 1 heterocycles. The first-order valence-electron chi connectivity index (χ1n) is 7.81. The van der Waals surface area contributed by atoms with Gasteiger partial charge in [0.05, 0.1) is 0 Å². The minimum Gasteiger partial charge on any atom is -0.326 e. The Morgan fingerprint density at radius 2 is 1.80 bits per heavy atom. The van der Waals surface area contributed by atoms with E-state index in [1.165, 1.54) is 37.9 Å². The maximum Gasteiger partial charge on any atom is 0.0332 e. The van der Waals surface area contributed by atoms with Crippen LogP contribution in [-0.4, -0.2) is 29.6 Å². The van der Waals surface area contributed by atoms with Crippen molar-refractivity contribution in [3.63, 3.8) is 0 Å². The Balaban J connectivity index is 2.07. The van der Waals surface area contributed by atoms with Gasteiger partial charge in [0.25, 0.3) is 0 Å². The molecule has 2 N–H and O–H groups in total. The average molecular weight is 339 g/mol. The summed E-state index contributed by atoms with van der Waals surface area (Å²) in [6, 6.07) is 8.75. The zero-order chi connectivity index (χ0) is 14.6. The standard InChI is InChI=1S/C17H27BrN2/c1-3-17(2,20-11-5-4-6-12-20)16(19)13-14-7-9-15(18)10-8-14/h7-10,16H,3-6,11-13,19H2,1-2H3. The molecule has 2 rings (SSSR count). The fourth-order valence-electron chi connectivity index (χ4n) is 3.22. The second-order valence-electron chi connectivity index (χ2n) is 6.20. The van der Waals surface area contributed by atoms with Gasteiger partial charge in [0.1, 0.15) is 0 Å². The summed E-state index contributed by atoms with van der Waals surface area (Å²) < 4.78 is 1.13. The van der Waals surface area contributed by atoms with Crippen LogP contribution >= 0.6 is 15.9 Å². The van der Waals surface area contributed by atoms with E-state index in [0.717, 1.165) is 17.3 Å². The molecule has 1 aromatic carbocycles. The highest BCUT2D eigenvalue weighted by atomic mass is 79.9. The zero-order valence-corrected chi connectivity index (χ0v) is 14.3. The molecule has 1 aliphatic rings. The van der Waals surface area contributed by atoms with E-state index in [4.69, 9.17) is 5.73 Å². The van der Waals surface area contributed by atoms with Gasteiger partial charge < -0.3 is 5.73 Å². The van der Waals surface area contributed by atoms with E-state index in [1.807, 2.05) is 0 Å². The van der Waals surface area contributed by atoms with Crippen LogP contribution in [0, 0.1) is 0 Å². The Bertz CT molecular complexity index is 412. The van der Waals surface area contributed by atoms with Gasteiger partial charge in [-0.3, -0.25) is 4.90 Å². The lowest BCUT2D eigenvalue weighted by Crippen LogP contribution is -2.59. The number of rotatable bonds is 5. The van der Waals surface area contributed by atoms with Crippen molar-refractivity contribution in [3.8, 4) is 0 Å². The van der Waals surface area contributed by atoms with Crippen molar-refractivity contribution in [1.82, 2.24) is 4.90 Å². The average Bonchev–Trinajstić information content (AvgIpc) is 2.49. The van der Waals surface area contributed by atoms with Gasteiger partial charge in [0.15, 0.2) is 0 Å². The van der Waals surface area contributed by atoms with Crippen LogP contribution in [0.25, 0.3) is 0 Å². The molecule has 112 valence electrons. The minimum atomic E-state index is 0.119. The molecule has 0 aliphatic carbocycles. The maximum absolute atomic E-state index is 6.61. The zero-order valence-electron chi connectivity index (χ0n) is 12.7. The van der Waals surface area contributed by atoms with Crippen LogP contribution in [0.4, 0.5) is 0 Å². The third-order valence-corrected chi connectivity index (χ3v) is 5.49. The highest BCUT2D eigenvalue weighted by molar-refractivity contribution is 9.10. The van der Waals surface area contributed by atoms with Crippen LogP contribution in [0.1, 0.15) is 45.1 Å². The molecule has 2 atom stereocenters. The second kappa shape index (κ2) is 7.06. The van der Waals surface area contributed by atoms with Gasteiger partial charge in [0, 0.05) is 16.1 Å². The summed E-state index contributed by atoms with van der Waals surface area (Å²) in [5.41, 5.74) is 8.06. The fourth-order valence-corrected chi connectivity index (χ4v) is 3.48. The largest absolute Gasteiger partial charge is 0.326 e. The molecule has 2 unspecified atom stereocenters. The molecule has 0 spiro atoms. The second-order valence-corrected chi connectivity index (χ2v) is 7.11. The van der Waals surface area contributed by atoms with Crippen molar-refractivity contribution in [2.24, 2.45) is 5.73 Å². The van der Waals surface area contributed by atoms with Crippen LogP contribution in [-0.2, 0) is 6.42 Å². The van der Waals surface area contributed by atoms with Crippen LogP contribution in [0.5, 0.6) is 0 Å². The summed E-state index contributed by atoms with van der Waals surface area (Å²) in [4.78, 5) is 2.63. The van der Waals surface area contributed by atoms with Crippen molar-refractivity contribution in [1.29, 1.82) is 0 Å². The van der Waals surface area contributed by atoms with Gasteiger partial charge in [-0.1, -0.05) is 41.4 Å². The summed E-state index contributed by atoms with van der Waals surface area (Å²) in [7, 11) is 0. The Hall–Kier alpha value is -0.380. The van der Waals surface area contributed by atoms with Crippen molar-refractivity contribution < 1.29 is 0 Å². The molecule has 1 saturated heterocycles. The predicted molar refractivity (Wildman–Crippen MR) is 89.9 cm³/mol. The van der Waals surface area contributed by atoms with E-state index in [9.17, 15) is 0 Å². The summed E-state index contributed by atoms with van der Waals surface area (Å²) >= 11 is 3.49. The third-order valence-electron chi connectivity index (χ3n) is 4.96. The quantitative estimate of drug-likeness (QED) is 0.879. The molecule has 0 saturated carbocycles. The molecule has 3 heteroatoms. The first-order valence-corrected chi connectivity index (χ1v) is 8.60. The monoisotopic (exact) mass is 338 g/mol. The lowest BCUT2D eigenvalue weighted by molar-refractivity contribution is 0.0546. The van der Waals surface area contributed by atoms with Crippen molar-refractivity contribution in [2.45, 2.75) is 57.5 Å². The van der Waals surface area contributed by atoms with Crippen LogP contribution in [0.3, 0.4) is 0 Å². The first-order chi connectivity index (χ1) is 9.56. The van der Waals surface area contributed by atoms with E-state index in [1.54, 1.807) is 0 Å². The maximum atomic E-state index is 6.61. The molecular formula is C17H27BrN2. The molecule has 0 radical (unpaired) electrons. The SMILES string of the molecule is CCC(C)(C(N)Cc1ccc(Br)cc1)N1CCCCC1. The van der Waals surface area contributed by atoms with Crippen molar-refractivity contribution in [2.75, 3.05) is 13.1 Å². The Morgan fingerprint density at radius 1 is 1.20 bits per heavy atom. The number of nitrogens with zero attached hydrogens (tertiary/aromatic N) is 1. The highest BCUT2D eigenvalue weighted by Crippen LogP contribution is 2.28. The van der Waals surface area contributed by atoms with Gasteiger partial charge >= 0.3 is 0 Å².